The van der Waals surface area contributed by atoms with E-state index in [1.54, 1.807) is 51.1 Å². The molecule has 0 saturated heterocycles. The molecule has 0 aliphatic heterocycles. The zero-order chi connectivity index (χ0) is 23.0. The van der Waals surface area contributed by atoms with E-state index in [4.69, 9.17) is 4.74 Å². The maximum Gasteiger partial charge on any atom is 0.412 e. The van der Waals surface area contributed by atoms with Crippen molar-refractivity contribution >= 4 is 29.2 Å². The molecule has 0 bridgehead atoms. The first-order valence-corrected chi connectivity index (χ1v) is 10.0. The number of anilines is 2. The number of halogens is 1. The smallest absolute Gasteiger partial charge is 0.412 e. The summed E-state index contributed by atoms with van der Waals surface area (Å²) in [4.78, 5) is 37.4. The van der Waals surface area contributed by atoms with Crippen LogP contribution in [0.25, 0.3) is 11.1 Å². The van der Waals surface area contributed by atoms with Crippen molar-refractivity contribution in [2.24, 2.45) is 0 Å². The molecule has 0 aromatic heterocycles. The van der Waals surface area contributed by atoms with Crippen molar-refractivity contribution in [1.82, 2.24) is 0 Å². The molecule has 162 valence electrons. The number of carbonyl (C=O) groups excluding carboxylic acids is 3. The van der Waals surface area contributed by atoms with Gasteiger partial charge in [-0.2, -0.15) is 0 Å². The average molecular weight is 432 g/mol. The normalized spacial score (nSPS) is 12.1. The fraction of sp³-hybridized carbons (Fsp3) is 0.160. The van der Waals surface area contributed by atoms with Gasteiger partial charge < -0.3 is 10.1 Å². The van der Waals surface area contributed by atoms with Crippen LogP contribution >= 0.6 is 0 Å². The lowest BCUT2D eigenvalue weighted by atomic mass is 10.0. The third-order valence-corrected chi connectivity index (χ3v) is 4.85. The second-order valence-corrected chi connectivity index (χ2v) is 8.41. The van der Waals surface area contributed by atoms with Gasteiger partial charge in [-0.3, -0.25) is 14.9 Å². The van der Waals surface area contributed by atoms with E-state index in [0.29, 0.717) is 11.1 Å². The Labute approximate surface area is 184 Å². The first-order chi connectivity index (χ1) is 15.1. The monoisotopic (exact) mass is 432 g/mol. The minimum absolute atomic E-state index is 0.128. The Morgan fingerprint density at radius 2 is 1.53 bits per heavy atom. The lowest BCUT2D eigenvalue weighted by molar-refractivity contribution is 0.0635. The van der Waals surface area contributed by atoms with E-state index in [-0.39, 0.29) is 22.7 Å². The number of hydrogen-bond acceptors (Lipinski definition) is 4. The molecule has 6 nitrogen and oxygen atoms in total. The molecule has 0 radical (unpaired) electrons. The summed E-state index contributed by atoms with van der Waals surface area (Å²) >= 11 is 0. The first-order valence-electron chi connectivity index (χ1n) is 10.0. The molecule has 0 spiro atoms. The molecule has 0 saturated carbocycles. The Hall–Kier alpha value is -4.00. The van der Waals surface area contributed by atoms with Crippen LogP contribution in [0.3, 0.4) is 0 Å². The molecule has 0 atom stereocenters. The fourth-order valence-electron chi connectivity index (χ4n) is 3.48. The van der Waals surface area contributed by atoms with E-state index < -0.39 is 23.4 Å². The molecule has 3 aromatic rings. The predicted molar refractivity (Wildman–Crippen MR) is 120 cm³/mol. The van der Waals surface area contributed by atoms with Gasteiger partial charge in [0, 0.05) is 22.4 Å². The summed E-state index contributed by atoms with van der Waals surface area (Å²) in [6.07, 6.45) is -0.809. The number of nitrogens with one attached hydrogen (secondary N) is 2. The quantitative estimate of drug-likeness (QED) is 0.439. The maximum atomic E-state index is 14.1. The van der Waals surface area contributed by atoms with E-state index in [0.717, 1.165) is 17.2 Å². The largest absolute Gasteiger partial charge is 0.444 e. The summed E-state index contributed by atoms with van der Waals surface area (Å²) in [5.41, 5.74) is 2.40. The lowest BCUT2D eigenvalue weighted by Gasteiger charge is -2.20. The Balaban J connectivity index is 1.53. The number of fused-ring (bicyclic) bond motifs is 3. The number of hydrogen-bond donors (Lipinski definition) is 2. The van der Waals surface area contributed by atoms with Gasteiger partial charge in [0.1, 0.15) is 11.4 Å². The SMILES string of the molecule is CC(C)(C)OC(=O)Nc1cc(NC(=O)c2ccc3c(c2)C(=O)c2ccccc2-3)ccc1F. The molecule has 0 fully saturated rings. The number of ether oxygens (including phenoxy) is 1. The van der Waals surface area contributed by atoms with Crippen LogP contribution in [0.4, 0.5) is 20.6 Å². The average Bonchev–Trinajstić information content (AvgIpc) is 3.01. The van der Waals surface area contributed by atoms with Crippen molar-refractivity contribution in [3.8, 4) is 11.1 Å². The van der Waals surface area contributed by atoms with Crippen molar-refractivity contribution in [3.63, 3.8) is 0 Å². The number of ketones is 1. The number of benzene rings is 3. The van der Waals surface area contributed by atoms with Crippen LogP contribution in [0.1, 0.15) is 47.1 Å². The molecule has 4 rings (SSSR count). The van der Waals surface area contributed by atoms with Gasteiger partial charge in [0.25, 0.3) is 5.91 Å². The van der Waals surface area contributed by atoms with Crippen LogP contribution in [0.2, 0.25) is 0 Å². The van der Waals surface area contributed by atoms with Crippen molar-refractivity contribution < 1.29 is 23.5 Å². The summed E-state index contributed by atoms with van der Waals surface area (Å²) < 4.78 is 19.3. The van der Waals surface area contributed by atoms with Gasteiger partial charge in [-0.05, 0) is 62.2 Å². The van der Waals surface area contributed by atoms with E-state index in [1.807, 2.05) is 12.1 Å². The molecule has 1 aliphatic rings. The molecule has 2 amide bonds. The van der Waals surface area contributed by atoms with E-state index in [1.165, 1.54) is 12.1 Å². The summed E-state index contributed by atoms with van der Waals surface area (Å²) in [6, 6.07) is 16.0. The number of carbonyl (C=O) groups is 3. The minimum atomic E-state index is -0.809. The Morgan fingerprint density at radius 1 is 0.844 bits per heavy atom. The van der Waals surface area contributed by atoms with Gasteiger partial charge in [-0.1, -0.05) is 30.3 Å². The highest BCUT2D eigenvalue weighted by Crippen LogP contribution is 2.36. The van der Waals surface area contributed by atoms with Crippen LogP contribution in [0.15, 0.2) is 60.7 Å². The van der Waals surface area contributed by atoms with Crippen LogP contribution in [0.5, 0.6) is 0 Å². The van der Waals surface area contributed by atoms with Crippen molar-refractivity contribution in [3.05, 3.63) is 83.2 Å². The second kappa shape index (κ2) is 7.92. The van der Waals surface area contributed by atoms with Gasteiger partial charge in [-0.25, -0.2) is 9.18 Å². The molecular formula is C25H21FN2O4. The number of rotatable bonds is 3. The highest BCUT2D eigenvalue weighted by Gasteiger charge is 2.27. The van der Waals surface area contributed by atoms with Crippen LogP contribution < -0.4 is 10.6 Å². The van der Waals surface area contributed by atoms with Gasteiger partial charge in [-0.15, -0.1) is 0 Å². The van der Waals surface area contributed by atoms with E-state index in [2.05, 4.69) is 10.6 Å². The fourth-order valence-corrected chi connectivity index (χ4v) is 3.48. The zero-order valence-corrected chi connectivity index (χ0v) is 17.8. The Kier molecular flexibility index (Phi) is 5.26. The molecule has 32 heavy (non-hydrogen) atoms. The third kappa shape index (κ3) is 4.23. The molecule has 3 aromatic carbocycles. The summed E-state index contributed by atoms with van der Waals surface area (Å²) in [5.74, 6) is -1.27. The van der Waals surface area contributed by atoms with Crippen molar-refractivity contribution in [2.45, 2.75) is 26.4 Å². The van der Waals surface area contributed by atoms with Crippen LogP contribution in [-0.4, -0.2) is 23.4 Å². The van der Waals surface area contributed by atoms with Gasteiger partial charge in [0.05, 0.1) is 5.69 Å². The predicted octanol–water partition coefficient (Wildman–Crippen LogP) is 5.64. The number of amides is 2. The van der Waals surface area contributed by atoms with Gasteiger partial charge in [0.15, 0.2) is 5.78 Å². The Bertz CT molecular complexity index is 1260. The Morgan fingerprint density at radius 3 is 2.25 bits per heavy atom. The molecule has 2 N–H and O–H groups in total. The van der Waals surface area contributed by atoms with E-state index >= 15 is 0 Å². The maximum absolute atomic E-state index is 14.1. The summed E-state index contributed by atoms with van der Waals surface area (Å²) in [7, 11) is 0. The highest BCUT2D eigenvalue weighted by atomic mass is 19.1. The second-order valence-electron chi connectivity index (χ2n) is 8.41. The topological polar surface area (TPSA) is 84.5 Å². The first kappa shape index (κ1) is 21.2. The zero-order valence-electron chi connectivity index (χ0n) is 17.8. The van der Waals surface area contributed by atoms with Crippen molar-refractivity contribution in [2.75, 3.05) is 10.6 Å². The van der Waals surface area contributed by atoms with Gasteiger partial charge in [0.2, 0.25) is 0 Å². The van der Waals surface area contributed by atoms with Crippen LogP contribution in [0, 0.1) is 5.82 Å². The molecule has 0 heterocycles. The standard InChI is InChI=1S/C25H21FN2O4/c1-25(2,3)32-24(31)28-21-13-15(9-11-20(21)26)27-23(30)14-8-10-17-16-6-4-5-7-18(16)22(29)19(17)12-14/h4-13H,1-3H3,(H,27,30)(H,28,31). The third-order valence-electron chi connectivity index (χ3n) is 4.85. The van der Waals surface area contributed by atoms with Crippen molar-refractivity contribution in [1.29, 1.82) is 0 Å². The highest BCUT2D eigenvalue weighted by molar-refractivity contribution is 6.22. The minimum Gasteiger partial charge on any atom is -0.444 e. The molecule has 0 unspecified atom stereocenters. The van der Waals surface area contributed by atoms with E-state index in [9.17, 15) is 18.8 Å². The molecule has 1 aliphatic carbocycles. The lowest BCUT2D eigenvalue weighted by Crippen LogP contribution is -2.27. The van der Waals surface area contributed by atoms with Crippen LogP contribution in [-0.2, 0) is 4.74 Å². The summed E-state index contributed by atoms with van der Waals surface area (Å²) in [6.45, 7) is 5.08. The molecular weight excluding hydrogens is 411 g/mol. The molecule has 7 heteroatoms. The summed E-state index contributed by atoms with van der Waals surface area (Å²) in [5, 5.41) is 5.00. The van der Waals surface area contributed by atoms with Gasteiger partial charge >= 0.3 is 6.09 Å².